The van der Waals surface area contributed by atoms with E-state index in [1.54, 1.807) is 0 Å². The average molecular weight is 316 g/mol. The van der Waals surface area contributed by atoms with E-state index in [1.165, 1.54) is 25.0 Å². The van der Waals surface area contributed by atoms with Crippen molar-refractivity contribution in [3.05, 3.63) is 16.5 Å². The SMILES string of the molecule is CCSC1CCCC1Nc1cc(Br)nc(C)n1. The van der Waals surface area contributed by atoms with Gasteiger partial charge in [-0.05, 0) is 41.4 Å². The molecule has 1 aromatic rings. The van der Waals surface area contributed by atoms with Gasteiger partial charge < -0.3 is 5.32 Å². The van der Waals surface area contributed by atoms with Crippen molar-refractivity contribution in [3.8, 4) is 0 Å². The molecule has 2 rings (SSSR count). The van der Waals surface area contributed by atoms with E-state index in [0.717, 1.165) is 21.5 Å². The first-order chi connectivity index (χ1) is 8.19. The van der Waals surface area contributed by atoms with Gasteiger partial charge in [-0.25, -0.2) is 9.97 Å². The molecule has 2 atom stereocenters. The Morgan fingerprint density at radius 1 is 1.47 bits per heavy atom. The molecule has 1 heterocycles. The Kier molecular flexibility index (Phi) is 4.68. The number of nitrogens with zero attached hydrogens (tertiary/aromatic N) is 2. The smallest absolute Gasteiger partial charge is 0.131 e. The number of thioether (sulfide) groups is 1. The predicted octanol–water partition coefficient (Wildman–Crippen LogP) is 3.63. The van der Waals surface area contributed by atoms with Gasteiger partial charge in [-0.1, -0.05) is 13.3 Å². The topological polar surface area (TPSA) is 37.8 Å². The molecule has 0 saturated heterocycles. The summed E-state index contributed by atoms with van der Waals surface area (Å²) in [5, 5.41) is 4.29. The molecular formula is C12H18BrN3S. The van der Waals surface area contributed by atoms with Gasteiger partial charge in [-0.3, -0.25) is 0 Å². The molecule has 1 aliphatic rings. The highest BCUT2D eigenvalue weighted by molar-refractivity contribution is 9.10. The first-order valence-corrected chi connectivity index (χ1v) is 7.92. The predicted molar refractivity (Wildman–Crippen MR) is 77.7 cm³/mol. The van der Waals surface area contributed by atoms with E-state index < -0.39 is 0 Å². The number of aryl methyl sites for hydroxylation is 1. The summed E-state index contributed by atoms with van der Waals surface area (Å²) in [7, 11) is 0. The molecule has 3 nitrogen and oxygen atoms in total. The van der Waals surface area contributed by atoms with Crippen LogP contribution >= 0.6 is 27.7 Å². The number of anilines is 1. The van der Waals surface area contributed by atoms with Gasteiger partial charge in [-0.2, -0.15) is 11.8 Å². The van der Waals surface area contributed by atoms with E-state index in [2.05, 4.69) is 49.9 Å². The minimum atomic E-state index is 0.557. The Morgan fingerprint density at radius 2 is 2.29 bits per heavy atom. The van der Waals surface area contributed by atoms with Crippen LogP contribution in [0.3, 0.4) is 0 Å². The van der Waals surface area contributed by atoms with Crippen LogP contribution < -0.4 is 5.32 Å². The maximum absolute atomic E-state index is 4.43. The summed E-state index contributed by atoms with van der Waals surface area (Å²) < 4.78 is 0.852. The normalized spacial score (nSPS) is 23.9. The van der Waals surface area contributed by atoms with Crippen LogP contribution in [0, 0.1) is 6.92 Å². The number of aromatic nitrogens is 2. The van der Waals surface area contributed by atoms with Crippen LogP contribution in [0.1, 0.15) is 32.0 Å². The van der Waals surface area contributed by atoms with Crippen LogP contribution in [-0.4, -0.2) is 27.0 Å². The molecule has 0 bridgehead atoms. The number of halogens is 1. The molecule has 0 aliphatic heterocycles. The van der Waals surface area contributed by atoms with Crippen molar-refractivity contribution in [2.45, 2.75) is 44.4 Å². The van der Waals surface area contributed by atoms with Crippen LogP contribution in [0.2, 0.25) is 0 Å². The molecule has 1 aliphatic carbocycles. The summed E-state index contributed by atoms with van der Waals surface area (Å²) in [5.41, 5.74) is 0. The summed E-state index contributed by atoms with van der Waals surface area (Å²) in [4.78, 5) is 8.66. The van der Waals surface area contributed by atoms with Gasteiger partial charge in [0.15, 0.2) is 0 Å². The van der Waals surface area contributed by atoms with E-state index >= 15 is 0 Å². The third-order valence-electron chi connectivity index (χ3n) is 2.97. The minimum Gasteiger partial charge on any atom is -0.366 e. The van der Waals surface area contributed by atoms with Gasteiger partial charge in [0.1, 0.15) is 16.2 Å². The molecule has 5 heteroatoms. The molecule has 0 amide bonds. The van der Waals surface area contributed by atoms with E-state index in [9.17, 15) is 0 Å². The lowest BCUT2D eigenvalue weighted by Crippen LogP contribution is -2.26. The quantitative estimate of drug-likeness (QED) is 0.861. The molecule has 1 aromatic heterocycles. The lowest BCUT2D eigenvalue weighted by molar-refractivity contribution is 0.760. The zero-order valence-corrected chi connectivity index (χ0v) is 12.6. The van der Waals surface area contributed by atoms with Crippen molar-refractivity contribution in [3.63, 3.8) is 0 Å². The maximum atomic E-state index is 4.43. The van der Waals surface area contributed by atoms with Crippen molar-refractivity contribution >= 4 is 33.5 Å². The number of hydrogen-bond donors (Lipinski definition) is 1. The number of hydrogen-bond acceptors (Lipinski definition) is 4. The van der Waals surface area contributed by atoms with Crippen LogP contribution in [0.5, 0.6) is 0 Å². The maximum Gasteiger partial charge on any atom is 0.131 e. The average Bonchev–Trinajstić information content (AvgIpc) is 2.65. The van der Waals surface area contributed by atoms with Crippen molar-refractivity contribution in [2.24, 2.45) is 0 Å². The first kappa shape index (κ1) is 13.1. The molecule has 17 heavy (non-hydrogen) atoms. The van der Waals surface area contributed by atoms with Gasteiger partial charge in [0.05, 0.1) is 0 Å². The largest absolute Gasteiger partial charge is 0.366 e. The lowest BCUT2D eigenvalue weighted by Gasteiger charge is -2.20. The van der Waals surface area contributed by atoms with E-state index in [1.807, 2.05) is 13.0 Å². The zero-order chi connectivity index (χ0) is 12.3. The molecule has 1 saturated carbocycles. The Hall–Kier alpha value is -0.290. The summed E-state index contributed by atoms with van der Waals surface area (Å²) in [6, 6.07) is 2.51. The van der Waals surface area contributed by atoms with Gasteiger partial charge in [-0.15, -0.1) is 0 Å². The summed E-state index contributed by atoms with van der Waals surface area (Å²) in [6.45, 7) is 4.15. The number of rotatable bonds is 4. The second kappa shape index (κ2) is 6.05. The van der Waals surface area contributed by atoms with Crippen molar-refractivity contribution in [1.82, 2.24) is 9.97 Å². The van der Waals surface area contributed by atoms with Crippen molar-refractivity contribution < 1.29 is 0 Å². The molecule has 0 aromatic carbocycles. The Labute approximate surface area is 115 Å². The fraction of sp³-hybridized carbons (Fsp3) is 0.667. The lowest BCUT2D eigenvalue weighted by atomic mass is 10.2. The van der Waals surface area contributed by atoms with Crippen LogP contribution in [-0.2, 0) is 0 Å². The molecule has 1 N–H and O–H groups in total. The standard InChI is InChI=1S/C12H18BrN3S/c1-3-17-10-6-4-5-9(10)16-12-7-11(13)14-8(2)15-12/h7,9-10H,3-6H2,1-2H3,(H,14,15,16). The monoisotopic (exact) mass is 315 g/mol. The Bertz CT molecular complexity index is 366. The van der Waals surface area contributed by atoms with E-state index in [4.69, 9.17) is 0 Å². The highest BCUT2D eigenvalue weighted by atomic mass is 79.9. The second-order valence-electron chi connectivity index (χ2n) is 4.30. The van der Waals surface area contributed by atoms with Crippen molar-refractivity contribution in [2.75, 3.05) is 11.1 Å². The summed E-state index contributed by atoms with van der Waals surface area (Å²) in [5.74, 6) is 2.94. The molecule has 1 fully saturated rings. The van der Waals surface area contributed by atoms with E-state index in [0.29, 0.717) is 6.04 Å². The third-order valence-corrected chi connectivity index (χ3v) is 4.71. The number of nitrogens with one attached hydrogen (secondary N) is 1. The van der Waals surface area contributed by atoms with Gasteiger partial charge in [0.25, 0.3) is 0 Å². The van der Waals surface area contributed by atoms with Crippen LogP contribution in [0.15, 0.2) is 10.7 Å². The molecule has 2 unspecified atom stereocenters. The zero-order valence-electron chi connectivity index (χ0n) is 10.2. The third kappa shape index (κ3) is 3.58. The molecular weight excluding hydrogens is 298 g/mol. The molecule has 94 valence electrons. The first-order valence-electron chi connectivity index (χ1n) is 6.08. The second-order valence-corrected chi connectivity index (χ2v) is 6.63. The Morgan fingerprint density at radius 3 is 3.00 bits per heavy atom. The fourth-order valence-corrected chi connectivity index (χ4v) is 3.97. The molecule has 0 radical (unpaired) electrons. The Balaban J connectivity index is 2.04. The van der Waals surface area contributed by atoms with Crippen molar-refractivity contribution in [1.29, 1.82) is 0 Å². The van der Waals surface area contributed by atoms with Crippen LogP contribution in [0.4, 0.5) is 5.82 Å². The summed E-state index contributed by atoms with van der Waals surface area (Å²) in [6.07, 6.45) is 3.89. The highest BCUT2D eigenvalue weighted by Gasteiger charge is 2.27. The van der Waals surface area contributed by atoms with Gasteiger partial charge >= 0.3 is 0 Å². The van der Waals surface area contributed by atoms with E-state index in [-0.39, 0.29) is 0 Å². The molecule has 0 spiro atoms. The highest BCUT2D eigenvalue weighted by Crippen LogP contribution is 2.31. The minimum absolute atomic E-state index is 0.557. The summed E-state index contributed by atoms with van der Waals surface area (Å²) >= 11 is 5.47. The van der Waals surface area contributed by atoms with Gasteiger partial charge in [0, 0.05) is 17.4 Å². The van der Waals surface area contributed by atoms with Gasteiger partial charge in [0.2, 0.25) is 0 Å². The fourth-order valence-electron chi connectivity index (χ4n) is 2.30. The van der Waals surface area contributed by atoms with Crippen LogP contribution in [0.25, 0.3) is 0 Å².